The Morgan fingerprint density at radius 2 is 2.23 bits per heavy atom. The Hall–Kier alpha value is -1.85. The molecule has 0 aromatic carbocycles. The molecule has 5 unspecified atom stereocenters. The Labute approximate surface area is 172 Å². The van der Waals surface area contributed by atoms with Gasteiger partial charge in [-0.3, -0.25) is 18.1 Å². The minimum absolute atomic E-state index is 0.304. The molecule has 30 heavy (non-hydrogen) atoms. The lowest BCUT2D eigenvalue weighted by Gasteiger charge is -2.35. The summed E-state index contributed by atoms with van der Waals surface area (Å²) >= 11 is 0. The number of anilines is 1. The molecule has 13 heteroatoms. The molecule has 0 radical (unpaired) electrons. The highest BCUT2D eigenvalue weighted by Gasteiger charge is 2.62. The molecule has 5 atom stereocenters. The fraction of sp³-hybridized carbons (Fsp3) is 0.706. The Morgan fingerprint density at radius 1 is 1.47 bits per heavy atom. The predicted molar refractivity (Wildman–Crippen MR) is 104 cm³/mol. The summed E-state index contributed by atoms with van der Waals surface area (Å²) in [7, 11) is -2.23. The maximum atomic E-state index is 15.5. The molecule has 4 heterocycles. The summed E-state index contributed by atoms with van der Waals surface area (Å²) in [5, 5.41) is 2.87. The SMILES string of the molecule is CCOc1nc(NC)nc2c1ncn2C1OC2(F)COP(=O)(OC(C)C)OC2C1C. The van der Waals surface area contributed by atoms with Crippen LogP contribution in [-0.4, -0.2) is 57.8 Å². The van der Waals surface area contributed by atoms with Crippen LogP contribution in [0.3, 0.4) is 0 Å². The number of hydrogen-bond donors (Lipinski definition) is 1. The molecule has 2 aromatic heterocycles. The molecule has 2 fully saturated rings. The summed E-state index contributed by atoms with van der Waals surface area (Å²) in [5.74, 6) is -2.22. The third-order valence-corrected chi connectivity index (χ3v) is 6.45. The largest absolute Gasteiger partial charge is 0.476 e. The third-order valence-electron chi connectivity index (χ3n) is 4.84. The molecule has 2 aliphatic heterocycles. The van der Waals surface area contributed by atoms with Crippen LogP contribution in [0.15, 0.2) is 6.33 Å². The first-order valence-electron chi connectivity index (χ1n) is 9.73. The average molecular weight is 445 g/mol. The molecule has 2 aliphatic rings. The number of hydrogen-bond acceptors (Lipinski definition) is 10. The van der Waals surface area contributed by atoms with Crippen molar-refractivity contribution in [2.45, 2.75) is 52.0 Å². The number of rotatable bonds is 6. The summed E-state index contributed by atoms with van der Waals surface area (Å²) in [6, 6.07) is 0. The van der Waals surface area contributed by atoms with Crippen molar-refractivity contribution in [1.29, 1.82) is 0 Å². The van der Waals surface area contributed by atoms with Crippen LogP contribution in [0, 0.1) is 5.92 Å². The van der Waals surface area contributed by atoms with Crippen LogP contribution in [0.1, 0.15) is 33.9 Å². The standard InChI is InChI=1S/C17H25FN5O6P/c1-6-25-14-11-13(21-16(19-5)22-14)23(8-20-11)15-10(4)12-17(18,27-15)7-26-30(24,29-12)28-9(2)3/h8-10,12,15H,6-7H2,1-5H3,(H,19,21,22). The van der Waals surface area contributed by atoms with Gasteiger partial charge in [0.1, 0.15) is 18.9 Å². The second-order valence-electron chi connectivity index (χ2n) is 7.41. The first kappa shape index (κ1) is 21.4. The minimum Gasteiger partial charge on any atom is -0.476 e. The van der Waals surface area contributed by atoms with Crippen LogP contribution in [0.25, 0.3) is 11.2 Å². The van der Waals surface area contributed by atoms with Crippen molar-refractivity contribution in [2.24, 2.45) is 5.92 Å². The quantitative estimate of drug-likeness (QED) is 0.665. The molecule has 11 nitrogen and oxygen atoms in total. The lowest BCUT2D eigenvalue weighted by molar-refractivity contribution is -0.220. The maximum Gasteiger partial charge on any atom is 0.475 e. The van der Waals surface area contributed by atoms with Crippen molar-refractivity contribution in [3.63, 3.8) is 0 Å². The lowest BCUT2D eigenvalue weighted by atomic mass is 10.0. The van der Waals surface area contributed by atoms with E-state index in [-0.39, 0.29) is 0 Å². The zero-order valence-electron chi connectivity index (χ0n) is 17.4. The maximum absolute atomic E-state index is 15.5. The molecule has 4 rings (SSSR count). The van der Waals surface area contributed by atoms with Gasteiger partial charge in [-0.2, -0.15) is 9.97 Å². The minimum atomic E-state index is -3.90. The number of phosphoric ester groups is 1. The smallest absolute Gasteiger partial charge is 0.475 e. The lowest BCUT2D eigenvalue weighted by Crippen LogP contribution is -2.46. The van der Waals surface area contributed by atoms with E-state index in [0.29, 0.717) is 29.6 Å². The molecule has 166 valence electrons. The molecule has 0 spiro atoms. The van der Waals surface area contributed by atoms with Gasteiger partial charge in [0.2, 0.25) is 11.8 Å². The highest BCUT2D eigenvalue weighted by molar-refractivity contribution is 7.48. The van der Waals surface area contributed by atoms with E-state index in [1.165, 1.54) is 6.33 Å². The first-order chi connectivity index (χ1) is 14.2. The van der Waals surface area contributed by atoms with E-state index in [9.17, 15) is 4.57 Å². The predicted octanol–water partition coefficient (Wildman–Crippen LogP) is 3.05. The van der Waals surface area contributed by atoms with E-state index in [0.717, 1.165) is 0 Å². The van der Waals surface area contributed by atoms with Crippen LogP contribution in [0.5, 0.6) is 5.88 Å². The van der Waals surface area contributed by atoms with E-state index in [4.69, 9.17) is 23.0 Å². The van der Waals surface area contributed by atoms with E-state index in [2.05, 4.69) is 20.3 Å². The van der Waals surface area contributed by atoms with E-state index in [1.54, 1.807) is 32.4 Å². The number of imidazole rings is 1. The van der Waals surface area contributed by atoms with E-state index >= 15 is 4.39 Å². The molecule has 1 N–H and O–H groups in total. The van der Waals surface area contributed by atoms with Crippen molar-refractivity contribution in [3.8, 4) is 5.88 Å². The highest BCUT2D eigenvalue weighted by Crippen LogP contribution is 2.61. The second-order valence-corrected chi connectivity index (χ2v) is 8.99. The van der Waals surface area contributed by atoms with Crippen molar-refractivity contribution in [3.05, 3.63) is 6.33 Å². The van der Waals surface area contributed by atoms with Gasteiger partial charge in [-0.25, -0.2) is 13.9 Å². The molecule has 0 saturated carbocycles. The molecular weight excluding hydrogens is 420 g/mol. The number of nitrogens with zero attached hydrogens (tertiary/aromatic N) is 4. The highest BCUT2D eigenvalue weighted by atomic mass is 31.2. The van der Waals surface area contributed by atoms with Crippen molar-refractivity contribution < 1.29 is 32.0 Å². The van der Waals surface area contributed by atoms with Gasteiger partial charge < -0.3 is 14.8 Å². The zero-order chi connectivity index (χ0) is 21.7. The number of aromatic nitrogens is 4. The van der Waals surface area contributed by atoms with Gasteiger partial charge in [0.25, 0.3) is 5.85 Å². The van der Waals surface area contributed by atoms with Crippen molar-refractivity contribution >= 4 is 24.9 Å². The van der Waals surface area contributed by atoms with E-state index < -0.39 is 44.6 Å². The van der Waals surface area contributed by atoms with E-state index in [1.807, 2.05) is 6.92 Å². The van der Waals surface area contributed by atoms with Crippen LogP contribution in [0.2, 0.25) is 0 Å². The number of fused-ring (bicyclic) bond motifs is 2. The van der Waals surface area contributed by atoms with Gasteiger partial charge >= 0.3 is 7.82 Å². The Morgan fingerprint density at radius 3 is 2.90 bits per heavy atom. The fourth-order valence-corrected chi connectivity index (χ4v) is 5.24. The summed E-state index contributed by atoms with van der Waals surface area (Å²) < 4.78 is 57.0. The first-order valence-corrected chi connectivity index (χ1v) is 11.2. The molecule has 0 aliphatic carbocycles. The number of ether oxygens (including phenoxy) is 2. The van der Waals surface area contributed by atoms with Gasteiger partial charge in [0.15, 0.2) is 11.2 Å². The van der Waals surface area contributed by atoms with Crippen molar-refractivity contribution in [1.82, 2.24) is 19.5 Å². The Kier molecular flexibility index (Phi) is 5.48. The summed E-state index contributed by atoms with van der Waals surface area (Å²) in [4.78, 5) is 13.0. The third kappa shape index (κ3) is 3.56. The van der Waals surface area contributed by atoms with Gasteiger partial charge in [-0.05, 0) is 20.8 Å². The number of nitrogens with one attached hydrogen (secondary N) is 1. The summed E-state index contributed by atoms with van der Waals surface area (Å²) in [6.45, 7) is 6.76. The summed E-state index contributed by atoms with van der Waals surface area (Å²) in [6.07, 6.45) is -0.931. The molecular formula is C17H25FN5O6P. The topological polar surface area (TPSA) is 119 Å². The number of phosphoric acid groups is 1. The van der Waals surface area contributed by atoms with Crippen LogP contribution in [-0.2, 0) is 22.9 Å². The number of alkyl halides is 1. The van der Waals surface area contributed by atoms with Gasteiger partial charge in [-0.1, -0.05) is 6.92 Å². The molecule has 0 amide bonds. The normalized spacial score (nSPS) is 33.8. The van der Waals surface area contributed by atoms with Crippen LogP contribution < -0.4 is 10.1 Å². The molecule has 2 aromatic rings. The second kappa shape index (κ2) is 7.69. The fourth-order valence-electron chi connectivity index (χ4n) is 3.59. The molecule has 0 bridgehead atoms. The molecule has 2 saturated heterocycles. The number of halogens is 1. The van der Waals surface area contributed by atoms with Crippen molar-refractivity contribution in [2.75, 3.05) is 25.6 Å². The monoisotopic (exact) mass is 445 g/mol. The average Bonchev–Trinajstić information content (AvgIpc) is 3.21. The Balaban J connectivity index is 1.70. The van der Waals surface area contributed by atoms with Gasteiger partial charge in [0, 0.05) is 13.0 Å². The van der Waals surface area contributed by atoms with Crippen LogP contribution >= 0.6 is 7.82 Å². The Bertz CT molecular complexity index is 989. The van der Waals surface area contributed by atoms with Gasteiger partial charge in [0.05, 0.1) is 19.0 Å². The van der Waals surface area contributed by atoms with Crippen LogP contribution in [0.4, 0.5) is 10.3 Å². The van der Waals surface area contributed by atoms with Gasteiger partial charge in [-0.15, -0.1) is 0 Å². The zero-order valence-corrected chi connectivity index (χ0v) is 18.3. The summed E-state index contributed by atoms with van der Waals surface area (Å²) in [5.41, 5.74) is 0.819.